The van der Waals surface area contributed by atoms with Gasteiger partial charge >= 0.3 is 0 Å². The van der Waals surface area contributed by atoms with Gasteiger partial charge < -0.3 is 18.9 Å². The van der Waals surface area contributed by atoms with Gasteiger partial charge in [0.15, 0.2) is 11.5 Å². The van der Waals surface area contributed by atoms with E-state index in [0.29, 0.717) is 34.5 Å². The molecule has 1 aliphatic rings. The summed E-state index contributed by atoms with van der Waals surface area (Å²) in [5.74, 6) is 2.90. The number of aliphatic imine (C=N–C) groups is 1. The van der Waals surface area contributed by atoms with Crippen molar-refractivity contribution in [3.63, 3.8) is 0 Å². The van der Waals surface area contributed by atoms with E-state index in [0.717, 1.165) is 16.9 Å². The standard InChI is InChI=1S/C26H24N2O5/c1-30-20-10-6-18(7-11-20)25-27-22(15-17-5-14-23(32-3)24(16-17)33-4)26(29)28(25)19-8-12-21(31-2)13-9-19/h5-16H,1-4H3/b22-15+. The number of nitrogens with zero attached hydrogens (tertiary/aromatic N) is 2. The summed E-state index contributed by atoms with van der Waals surface area (Å²) >= 11 is 0. The molecule has 4 rings (SSSR count). The second-order valence-electron chi connectivity index (χ2n) is 7.15. The summed E-state index contributed by atoms with van der Waals surface area (Å²) in [5.41, 5.74) is 2.55. The Hall–Kier alpha value is -4.26. The lowest BCUT2D eigenvalue weighted by Gasteiger charge is -2.19. The summed E-state index contributed by atoms with van der Waals surface area (Å²) in [6.07, 6.45) is 1.73. The van der Waals surface area contributed by atoms with Crippen molar-refractivity contribution < 1.29 is 23.7 Å². The molecule has 0 fully saturated rings. The predicted molar refractivity (Wildman–Crippen MR) is 128 cm³/mol. The second kappa shape index (κ2) is 9.48. The van der Waals surface area contributed by atoms with E-state index in [4.69, 9.17) is 23.9 Å². The zero-order valence-electron chi connectivity index (χ0n) is 18.9. The van der Waals surface area contributed by atoms with Crippen LogP contribution in [0.3, 0.4) is 0 Å². The second-order valence-corrected chi connectivity index (χ2v) is 7.15. The minimum atomic E-state index is -0.235. The van der Waals surface area contributed by atoms with Crippen molar-refractivity contribution in [2.75, 3.05) is 33.3 Å². The lowest BCUT2D eigenvalue weighted by atomic mass is 10.1. The Morgan fingerprint density at radius 2 is 1.33 bits per heavy atom. The Labute approximate surface area is 192 Å². The summed E-state index contributed by atoms with van der Waals surface area (Å²) in [7, 11) is 6.36. The average Bonchev–Trinajstić information content (AvgIpc) is 3.19. The zero-order valence-corrected chi connectivity index (χ0v) is 18.9. The van der Waals surface area contributed by atoms with Crippen LogP contribution >= 0.6 is 0 Å². The van der Waals surface area contributed by atoms with Crippen LogP contribution in [0.1, 0.15) is 11.1 Å². The molecule has 3 aromatic carbocycles. The number of carbonyl (C=O) groups excluding carboxylic acids is 1. The monoisotopic (exact) mass is 444 g/mol. The third-order valence-electron chi connectivity index (χ3n) is 5.25. The smallest absolute Gasteiger partial charge is 0.282 e. The van der Waals surface area contributed by atoms with Gasteiger partial charge in [-0.25, -0.2) is 4.99 Å². The summed E-state index contributed by atoms with van der Waals surface area (Å²) in [6, 6.07) is 20.1. The molecule has 0 aromatic heterocycles. The molecule has 0 aliphatic carbocycles. The van der Waals surface area contributed by atoms with Crippen molar-refractivity contribution in [1.29, 1.82) is 0 Å². The van der Waals surface area contributed by atoms with Crippen LogP contribution in [-0.2, 0) is 4.79 Å². The quantitative estimate of drug-likeness (QED) is 0.500. The number of methoxy groups -OCH3 is 4. The highest BCUT2D eigenvalue weighted by Crippen LogP contribution is 2.32. The van der Waals surface area contributed by atoms with Crippen molar-refractivity contribution in [3.05, 3.63) is 83.6 Å². The van der Waals surface area contributed by atoms with Gasteiger partial charge in [-0.05, 0) is 72.3 Å². The van der Waals surface area contributed by atoms with Crippen LogP contribution in [0, 0.1) is 0 Å². The number of ether oxygens (including phenoxy) is 4. The molecule has 0 N–H and O–H groups in total. The molecule has 33 heavy (non-hydrogen) atoms. The van der Waals surface area contributed by atoms with Crippen LogP contribution in [0.5, 0.6) is 23.0 Å². The van der Waals surface area contributed by atoms with Crippen LogP contribution in [0.4, 0.5) is 5.69 Å². The third-order valence-corrected chi connectivity index (χ3v) is 5.25. The molecule has 3 aromatic rings. The number of amidine groups is 1. The van der Waals surface area contributed by atoms with Crippen molar-refractivity contribution in [3.8, 4) is 23.0 Å². The SMILES string of the molecule is COc1ccc(C2=N/C(=C/c3ccc(OC)c(OC)c3)C(=O)N2c2ccc(OC)cc2)cc1. The first-order valence-corrected chi connectivity index (χ1v) is 10.2. The summed E-state index contributed by atoms with van der Waals surface area (Å²) in [4.78, 5) is 19.8. The number of rotatable bonds is 7. The normalized spacial score (nSPS) is 14.3. The predicted octanol–water partition coefficient (Wildman–Crippen LogP) is 4.56. The van der Waals surface area contributed by atoms with E-state index in [1.54, 1.807) is 51.5 Å². The molecule has 1 aliphatic heterocycles. The third kappa shape index (κ3) is 4.39. The zero-order chi connectivity index (χ0) is 23.4. The van der Waals surface area contributed by atoms with Gasteiger partial charge in [0, 0.05) is 5.56 Å². The van der Waals surface area contributed by atoms with Gasteiger partial charge in [0.05, 0.1) is 34.1 Å². The van der Waals surface area contributed by atoms with E-state index in [9.17, 15) is 4.79 Å². The molecule has 168 valence electrons. The number of amides is 1. The number of benzene rings is 3. The van der Waals surface area contributed by atoms with Gasteiger partial charge in [0.25, 0.3) is 5.91 Å². The fourth-order valence-corrected chi connectivity index (χ4v) is 3.52. The highest BCUT2D eigenvalue weighted by Gasteiger charge is 2.32. The van der Waals surface area contributed by atoms with E-state index >= 15 is 0 Å². The molecule has 0 saturated heterocycles. The molecular weight excluding hydrogens is 420 g/mol. The minimum absolute atomic E-state index is 0.235. The molecule has 0 radical (unpaired) electrons. The lowest BCUT2D eigenvalue weighted by molar-refractivity contribution is -0.113. The van der Waals surface area contributed by atoms with Crippen molar-refractivity contribution in [1.82, 2.24) is 0 Å². The van der Waals surface area contributed by atoms with Gasteiger partial charge in [-0.1, -0.05) is 6.07 Å². The first kappa shape index (κ1) is 22.0. The molecule has 0 unspecified atom stereocenters. The van der Waals surface area contributed by atoms with Gasteiger partial charge in [-0.2, -0.15) is 0 Å². The molecular formula is C26H24N2O5. The van der Waals surface area contributed by atoms with Gasteiger partial charge in [-0.15, -0.1) is 0 Å². The number of hydrogen-bond acceptors (Lipinski definition) is 6. The first-order chi connectivity index (χ1) is 16.1. The van der Waals surface area contributed by atoms with Gasteiger partial charge in [-0.3, -0.25) is 9.69 Å². The molecule has 0 bridgehead atoms. The van der Waals surface area contributed by atoms with Crippen LogP contribution < -0.4 is 23.8 Å². The molecule has 0 saturated carbocycles. The van der Waals surface area contributed by atoms with Crippen molar-refractivity contribution in [2.24, 2.45) is 4.99 Å². The molecule has 0 spiro atoms. The summed E-state index contributed by atoms with van der Waals surface area (Å²) in [6.45, 7) is 0. The van der Waals surface area contributed by atoms with Crippen LogP contribution in [0.25, 0.3) is 6.08 Å². The molecule has 0 atom stereocenters. The van der Waals surface area contributed by atoms with E-state index in [1.165, 1.54) is 0 Å². The van der Waals surface area contributed by atoms with Gasteiger partial charge in [0.2, 0.25) is 0 Å². The molecule has 1 heterocycles. The maximum absolute atomic E-state index is 13.5. The van der Waals surface area contributed by atoms with E-state index < -0.39 is 0 Å². The Bertz CT molecular complexity index is 1210. The molecule has 7 heteroatoms. The number of anilines is 1. The highest BCUT2D eigenvalue weighted by molar-refractivity contribution is 6.33. The summed E-state index contributed by atoms with van der Waals surface area (Å²) in [5, 5.41) is 0. The lowest BCUT2D eigenvalue weighted by Crippen LogP contribution is -2.32. The summed E-state index contributed by atoms with van der Waals surface area (Å²) < 4.78 is 21.2. The first-order valence-electron chi connectivity index (χ1n) is 10.2. The van der Waals surface area contributed by atoms with Crippen LogP contribution in [0.2, 0.25) is 0 Å². The fraction of sp³-hybridized carbons (Fsp3) is 0.154. The number of carbonyl (C=O) groups is 1. The highest BCUT2D eigenvalue weighted by atomic mass is 16.5. The average molecular weight is 444 g/mol. The van der Waals surface area contributed by atoms with Crippen LogP contribution in [0.15, 0.2) is 77.4 Å². The maximum Gasteiger partial charge on any atom is 0.282 e. The maximum atomic E-state index is 13.5. The minimum Gasteiger partial charge on any atom is -0.497 e. The molecule has 7 nitrogen and oxygen atoms in total. The van der Waals surface area contributed by atoms with Crippen LogP contribution in [-0.4, -0.2) is 40.2 Å². The van der Waals surface area contributed by atoms with Gasteiger partial charge in [0.1, 0.15) is 23.0 Å². The Kier molecular flexibility index (Phi) is 6.31. The van der Waals surface area contributed by atoms with Crippen molar-refractivity contribution >= 4 is 23.5 Å². The Morgan fingerprint density at radius 3 is 1.91 bits per heavy atom. The van der Waals surface area contributed by atoms with E-state index in [1.807, 2.05) is 54.6 Å². The van der Waals surface area contributed by atoms with E-state index in [-0.39, 0.29) is 5.91 Å². The largest absolute Gasteiger partial charge is 0.497 e. The Morgan fingerprint density at radius 1 is 0.727 bits per heavy atom. The Balaban J connectivity index is 1.78. The van der Waals surface area contributed by atoms with Crippen molar-refractivity contribution in [2.45, 2.75) is 0 Å². The van der Waals surface area contributed by atoms with E-state index in [2.05, 4.69) is 0 Å². The molecule has 1 amide bonds. The number of hydrogen-bond donors (Lipinski definition) is 0. The topological polar surface area (TPSA) is 69.6 Å². The fourth-order valence-electron chi connectivity index (χ4n) is 3.52.